The van der Waals surface area contributed by atoms with Gasteiger partial charge in [-0.3, -0.25) is 4.90 Å². The maximum absolute atomic E-state index is 9.27. The van der Waals surface area contributed by atoms with Crippen LogP contribution < -0.4 is 5.73 Å². The molecule has 3 unspecified atom stereocenters. The first-order valence-electron chi connectivity index (χ1n) is 6.84. The van der Waals surface area contributed by atoms with Gasteiger partial charge in [0.1, 0.15) is 5.75 Å². The van der Waals surface area contributed by atoms with E-state index in [1.165, 1.54) is 12.0 Å². The molecule has 2 rings (SSSR count). The van der Waals surface area contributed by atoms with E-state index in [4.69, 9.17) is 5.73 Å². The van der Waals surface area contributed by atoms with Crippen LogP contribution in [0.1, 0.15) is 25.8 Å². The fourth-order valence-electron chi connectivity index (χ4n) is 2.75. The van der Waals surface area contributed by atoms with Gasteiger partial charge in [0.2, 0.25) is 0 Å². The van der Waals surface area contributed by atoms with Crippen molar-refractivity contribution >= 4 is 0 Å². The average Bonchev–Trinajstić information content (AvgIpc) is 2.81. The Morgan fingerprint density at radius 1 is 1.33 bits per heavy atom. The van der Waals surface area contributed by atoms with Crippen molar-refractivity contribution < 1.29 is 5.11 Å². The molecule has 1 aliphatic rings. The Morgan fingerprint density at radius 2 is 2.00 bits per heavy atom. The zero-order valence-electron chi connectivity index (χ0n) is 11.3. The summed E-state index contributed by atoms with van der Waals surface area (Å²) in [5, 5.41) is 9.27. The lowest BCUT2D eigenvalue weighted by molar-refractivity contribution is 0.243. The van der Waals surface area contributed by atoms with Crippen LogP contribution in [0.15, 0.2) is 24.3 Å². The fourth-order valence-corrected chi connectivity index (χ4v) is 2.75. The maximum Gasteiger partial charge on any atom is 0.115 e. The van der Waals surface area contributed by atoms with Gasteiger partial charge in [0, 0.05) is 18.6 Å². The van der Waals surface area contributed by atoms with E-state index >= 15 is 0 Å². The van der Waals surface area contributed by atoms with Crippen LogP contribution in [0, 0.1) is 5.92 Å². The summed E-state index contributed by atoms with van der Waals surface area (Å²) in [7, 11) is 0. The number of rotatable bonds is 4. The van der Waals surface area contributed by atoms with Gasteiger partial charge >= 0.3 is 0 Å². The summed E-state index contributed by atoms with van der Waals surface area (Å²) in [6.45, 7) is 6.66. The number of aromatic hydroxyl groups is 1. The minimum absolute atomic E-state index is 0.302. The Bertz CT molecular complexity index is 375. The largest absolute Gasteiger partial charge is 0.508 e. The minimum Gasteiger partial charge on any atom is -0.508 e. The molecule has 1 aliphatic heterocycles. The van der Waals surface area contributed by atoms with Crippen LogP contribution in [-0.2, 0) is 6.42 Å². The molecule has 18 heavy (non-hydrogen) atoms. The second kappa shape index (κ2) is 5.72. The number of hydrogen-bond acceptors (Lipinski definition) is 3. The Balaban J connectivity index is 1.89. The van der Waals surface area contributed by atoms with Crippen LogP contribution in [0.3, 0.4) is 0 Å². The first kappa shape index (κ1) is 13.4. The zero-order valence-corrected chi connectivity index (χ0v) is 11.3. The van der Waals surface area contributed by atoms with E-state index in [0.29, 0.717) is 23.8 Å². The monoisotopic (exact) mass is 248 g/mol. The van der Waals surface area contributed by atoms with Crippen molar-refractivity contribution in [1.29, 1.82) is 0 Å². The van der Waals surface area contributed by atoms with Gasteiger partial charge in [0.15, 0.2) is 0 Å². The first-order valence-corrected chi connectivity index (χ1v) is 6.84. The summed E-state index contributed by atoms with van der Waals surface area (Å²) in [6, 6.07) is 8.37. The van der Waals surface area contributed by atoms with Crippen LogP contribution in [0.5, 0.6) is 5.75 Å². The van der Waals surface area contributed by atoms with E-state index in [-0.39, 0.29) is 0 Å². The summed E-state index contributed by atoms with van der Waals surface area (Å²) in [4.78, 5) is 2.53. The van der Waals surface area contributed by atoms with E-state index in [0.717, 1.165) is 19.5 Å². The first-order chi connectivity index (χ1) is 8.56. The van der Waals surface area contributed by atoms with Gasteiger partial charge < -0.3 is 10.8 Å². The van der Waals surface area contributed by atoms with E-state index < -0.39 is 0 Å². The fraction of sp³-hybridized carbons (Fsp3) is 0.600. The molecule has 3 heteroatoms. The highest BCUT2D eigenvalue weighted by Gasteiger charge is 2.27. The molecule has 1 saturated heterocycles. The van der Waals surface area contributed by atoms with Gasteiger partial charge in [-0.05, 0) is 56.8 Å². The van der Waals surface area contributed by atoms with Crippen LogP contribution in [0.25, 0.3) is 0 Å². The van der Waals surface area contributed by atoms with Gasteiger partial charge in [-0.25, -0.2) is 0 Å². The molecule has 3 nitrogen and oxygen atoms in total. The predicted molar refractivity (Wildman–Crippen MR) is 74.6 cm³/mol. The topological polar surface area (TPSA) is 49.5 Å². The summed E-state index contributed by atoms with van der Waals surface area (Å²) >= 11 is 0. The summed E-state index contributed by atoms with van der Waals surface area (Å²) in [5.74, 6) is 0.983. The highest BCUT2D eigenvalue weighted by atomic mass is 16.3. The Morgan fingerprint density at radius 3 is 2.56 bits per heavy atom. The van der Waals surface area contributed by atoms with Crippen molar-refractivity contribution in [2.24, 2.45) is 11.7 Å². The average molecular weight is 248 g/mol. The van der Waals surface area contributed by atoms with Crippen LogP contribution >= 0.6 is 0 Å². The van der Waals surface area contributed by atoms with Crippen LogP contribution in [0.4, 0.5) is 0 Å². The molecule has 0 aromatic heterocycles. The third-order valence-corrected chi connectivity index (χ3v) is 4.09. The lowest BCUT2D eigenvalue weighted by Crippen LogP contribution is -2.35. The Hall–Kier alpha value is -1.06. The van der Waals surface area contributed by atoms with E-state index in [1.807, 2.05) is 12.1 Å². The number of nitrogens with zero attached hydrogens (tertiary/aromatic N) is 1. The third kappa shape index (κ3) is 3.24. The summed E-state index contributed by atoms with van der Waals surface area (Å²) < 4.78 is 0. The van der Waals surface area contributed by atoms with Crippen molar-refractivity contribution in [3.05, 3.63) is 29.8 Å². The van der Waals surface area contributed by atoms with Crippen molar-refractivity contribution in [2.45, 2.75) is 38.8 Å². The molecular formula is C15H24N2O. The molecule has 1 aromatic carbocycles. The van der Waals surface area contributed by atoms with Gasteiger partial charge in [-0.2, -0.15) is 0 Å². The standard InChI is InChI=1S/C15H24N2O/c1-11(9-13-3-5-15(18)6-4-13)17-8-7-14(10-17)12(2)16/h3-6,11-12,14,18H,7-10,16H2,1-2H3. The highest BCUT2D eigenvalue weighted by Crippen LogP contribution is 2.22. The van der Waals surface area contributed by atoms with Crippen molar-refractivity contribution in [1.82, 2.24) is 4.90 Å². The molecule has 1 fully saturated rings. The molecule has 1 heterocycles. The molecule has 100 valence electrons. The number of likely N-dealkylation sites (tertiary alicyclic amines) is 1. The molecule has 3 atom stereocenters. The minimum atomic E-state index is 0.302. The lowest BCUT2D eigenvalue weighted by Gasteiger charge is -2.25. The molecule has 1 aromatic rings. The number of phenolic OH excluding ortho intramolecular Hbond substituents is 1. The second-order valence-electron chi connectivity index (χ2n) is 5.62. The SMILES string of the molecule is CC(N)C1CCN(C(C)Cc2ccc(O)cc2)C1. The Labute approximate surface area is 110 Å². The van der Waals surface area contributed by atoms with Crippen LogP contribution in [0.2, 0.25) is 0 Å². The molecular weight excluding hydrogens is 224 g/mol. The van der Waals surface area contributed by atoms with Crippen LogP contribution in [-0.4, -0.2) is 35.2 Å². The normalized spacial score (nSPS) is 24.1. The number of benzene rings is 1. The molecule has 0 radical (unpaired) electrons. The van der Waals surface area contributed by atoms with Crippen molar-refractivity contribution in [3.8, 4) is 5.75 Å². The molecule has 0 bridgehead atoms. The zero-order chi connectivity index (χ0) is 13.1. The summed E-state index contributed by atoms with van der Waals surface area (Å²) in [6.07, 6.45) is 2.25. The van der Waals surface area contributed by atoms with Gasteiger partial charge in [0.25, 0.3) is 0 Å². The summed E-state index contributed by atoms with van der Waals surface area (Å²) in [5.41, 5.74) is 7.26. The highest BCUT2D eigenvalue weighted by molar-refractivity contribution is 5.26. The maximum atomic E-state index is 9.27. The quantitative estimate of drug-likeness (QED) is 0.856. The predicted octanol–water partition coefficient (Wildman–Crippen LogP) is 1.99. The van der Waals surface area contributed by atoms with E-state index in [9.17, 15) is 5.11 Å². The van der Waals surface area contributed by atoms with E-state index in [1.54, 1.807) is 12.1 Å². The lowest BCUT2D eigenvalue weighted by atomic mass is 10.0. The Kier molecular flexibility index (Phi) is 4.25. The number of nitrogens with two attached hydrogens (primary N) is 1. The van der Waals surface area contributed by atoms with Crippen molar-refractivity contribution in [3.63, 3.8) is 0 Å². The van der Waals surface area contributed by atoms with Crippen molar-refractivity contribution in [2.75, 3.05) is 13.1 Å². The number of phenols is 1. The molecule has 0 saturated carbocycles. The van der Waals surface area contributed by atoms with Gasteiger partial charge in [0.05, 0.1) is 0 Å². The van der Waals surface area contributed by atoms with Gasteiger partial charge in [-0.1, -0.05) is 12.1 Å². The van der Waals surface area contributed by atoms with E-state index in [2.05, 4.69) is 18.7 Å². The third-order valence-electron chi connectivity index (χ3n) is 4.09. The number of hydrogen-bond donors (Lipinski definition) is 2. The smallest absolute Gasteiger partial charge is 0.115 e. The molecule has 0 spiro atoms. The molecule has 3 N–H and O–H groups in total. The second-order valence-corrected chi connectivity index (χ2v) is 5.62. The molecule has 0 aliphatic carbocycles. The molecule has 0 amide bonds. The van der Waals surface area contributed by atoms with Gasteiger partial charge in [-0.15, -0.1) is 0 Å².